The summed E-state index contributed by atoms with van der Waals surface area (Å²) in [5.74, 6) is 0.496. The first-order valence-corrected chi connectivity index (χ1v) is 12.4. The second kappa shape index (κ2) is 10.6. The standard InChI is InChI=1S/C30H32N2O4/c1-32(16-20-9-10-20)17-25-12-24(22-7-4-5-21(11-22)15-31)13-27-26(19-36-30(25)27)18-35-28-8-3-2-6-23(28)14-29(33)34/h2-8,11-13,19-20H,9-10,14-18,31H2,1H3,(H,33,34). The van der Waals surface area contributed by atoms with Crippen molar-refractivity contribution in [3.05, 3.63) is 89.2 Å². The van der Waals surface area contributed by atoms with Crippen molar-refractivity contribution in [2.24, 2.45) is 11.7 Å². The lowest BCUT2D eigenvalue weighted by molar-refractivity contribution is -0.136. The SMILES string of the molecule is CN(Cc1cc(-c2cccc(CN)c2)cc2c(COc3ccccc3CC(=O)O)coc12)CC1CC1. The number of carboxylic acid groups (broad SMARTS) is 1. The summed E-state index contributed by atoms with van der Waals surface area (Å²) in [7, 11) is 2.16. The van der Waals surface area contributed by atoms with Crippen LogP contribution in [-0.4, -0.2) is 29.6 Å². The number of para-hydroxylation sites is 1. The van der Waals surface area contributed by atoms with Gasteiger partial charge in [-0.3, -0.25) is 4.79 Å². The van der Waals surface area contributed by atoms with Gasteiger partial charge in [0.2, 0.25) is 0 Å². The molecule has 6 nitrogen and oxygen atoms in total. The zero-order chi connectivity index (χ0) is 25.1. The van der Waals surface area contributed by atoms with E-state index in [9.17, 15) is 9.90 Å². The van der Waals surface area contributed by atoms with Crippen LogP contribution in [0.2, 0.25) is 0 Å². The maximum absolute atomic E-state index is 11.3. The van der Waals surface area contributed by atoms with Gasteiger partial charge in [0.05, 0.1) is 12.7 Å². The number of aliphatic carboxylic acids is 1. The molecule has 0 atom stereocenters. The lowest BCUT2D eigenvalue weighted by Crippen LogP contribution is -2.20. The fraction of sp³-hybridized carbons (Fsp3) is 0.300. The van der Waals surface area contributed by atoms with Gasteiger partial charge < -0.3 is 24.9 Å². The van der Waals surface area contributed by atoms with Gasteiger partial charge in [-0.05, 0) is 66.8 Å². The van der Waals surface area contributed by atoms with E-state index in [2.05, 4.69) is 36.2 Å². The molecule has 1 fully saturated rings. The quantitative estimate of drug-likeness (QED) is 0.288. The molecule has 0 aliphatic heterocycles. The molecule has 0 radical (unpaired) electrons. The normalized spacial score (nSPS) is 13.4. The summed E-state index contributed by atoms with van der Waals surface area (Å²) in [4.78, 5) is 13.6. The zero-order valence-electron chi connectivity index (χ0n) is 20.6. The Balaban J connectivity index is 1.49. The highest BCUT2D eigenvalue weighted by Gasteiger charge is 2.23. The first-order chi connectivity index (χ1) is 17.5. The molecule has 3 N–H and O–H groups in total. The lowest BCUT2D eigenvalue weighted by Gasteiger charge is -2.17. The van der Waals surface area contributed by atoms with Crippen LogP contribution in [0.15, 0.2) is 71.3 Å². The van der Waals surface area contributed by atoms with Crippen molar-refractivity contribution < 1.29 is 19.1 Å². The van der Waals surface area contributed by atoms with Crippen LogP contribution in [0.1, 0.15) is 35.1 Å². The summed E-state index contributed by atoms with van der Waals surface area (Å²) < 4.78 is 12.2. The molecule has 1 saturated carbocycles. The summed E-state index contributed by atoms with van der Waals surface area (Å²) in [6, 6.07) is 20.0. The molecule has 0 amide bonds. The van der Waals surface area contributed by atoms with Crippen LogP contribution >= 0.6 is 0 Å². The Kier molecular flexibility index (Phi) is 7.07. The Morgan fingerprint density at radius 1 is 1.06 bits per heavy atom. The summed E-state index contributed by atoms with van der Waals surface area (Å²) in [5, 5.41) is 10.2. The van der Waals surface area contributed by atoms with Gasteiger partial charge in [-0.25, -0.2) is 0 Å². The minimum absolute atomic E-state index is 0.0819. The van der Waals surface area contributed by atoms with Gasteiger partial charge >= 0.3 is 5.97 Å². The van der Waals surface area contributed by atoms with E-state index in [0.717, 1.165) is 57.8 Å². The number of fused-ring (bicyclic) bond motifs is 1. The molecule has 0 unspecified atom stereocenters. The molecule has 3 aromatic carbocycles. The number of hydrogen-bond donors (Lipinski definition) is 2. The van der Waals surface area contributed by atoms with Crippen LogP contribution in [0.5, 0.6) is 5.75 Å². The number of ether oxygens (including phenoxy) is 1. The third-order valence-corrected chi connectivity index (χ3v) is 6.73. The Bertz CT molecular complexity index is 1370. The van der Waals surface area contributed by atoms with E-state index in [1.165, 1.54) is 12.8 Å². The minimum Gasteiger partial charge on any atom is -0.488 e. The highest BCUT2D eigenvalue weighted by atomic mass is 16.5. The van der Waals surface area contributed by atoms with E-state index in [1.807, 2.05) is 30.3 Å². The molecule has 0 saturated heterocycles. The zero-order valence-corrected chi connectivity index (χ0v) is 20.6. The number of nitrogens with two attached hydrogens (primary N) is 1. The highest BCUT2D eigenvalue weighted by molar-refractivity contribution is 5.89. The van der Waals surface area contributed by atoms with Crippen LogP contribution in [0.3, 0.4) is 0 Å². The Morgan fingerprint density at radius 2 is 1.89 bits per heavy atom. The molecular formula is C30H32N2O4. The molecule has 0 bridgehead atoms. The highest BCUT2D eigenvalue weighted by Crippen LogP contribution is 2.34. The van der Waals surface area contributed by atoms with Gasteiger partial charge in [-0.1, -0.05) is 36.4 Å². The van der Waals surface area contributed by atoms with Crippen molar-refractivity contribution in [1.29, 1.82) is 0 Å². The van der Waals surface area contributed by atoms with Crippen molar-refractivity contribution in [3.8, 4) is 16.9 Å². The van der Waals surface area contributed by atoms with E-state index in [0.29, 0.717) is 17.9 Å². The second-order valence-corrected chi connectivity index (χ2v) is 9.78. The van der Waals surface area contributed by atoms with Crippen LogP contribution in [0.4, 0.5) is 0 Å². The Hall–Kier alpha value is -3.61. The Morgan fingerprint density at radius 3 is 2.67 bits per heavy atom. The summed E-state index contributed by atoms with van der Waals surface area (Å²) in [6.07, 6.45) is 4.31. The van der Waals surface area contributed by atoms with Crippen molar-refractivity contribution in [2.75, 3.05) is 13.6 Å². The number of benzene rings is 3. The second-order valence-electron chi connectivity index (χ2n) is 9.78. The number of carbonyl (C=O) groups is 1. The maximum Gasteiger partial charge on any atom is 0.307 e. The number of carboxylic acids is 1. The molecule has 4 aromatic rings. The van der Waals surface area contributed by atoms with Crippen molar-refractivity contribution in [3.63, 3.8) is 0 Å². The monoisotopic (exact) mass is 484 g/mol. The van der Waals surface area contributed by atoms with Crippen molar-refractivity contribution >= 4 is 16.9 Å². The van der Waals surface area contributed by atoms with Crippen molar-refractivity contribution in [2.45, 2.75) is 39.0 Å². The van der Waals surface area contributed by atoms with Gasteiger partial charge in [-0.2, -0.15) is 0 Å². The average Bonchev–Trinajstić information content (AvgIpc) is 3.59. The van der Waals surface area contributed by atoms with Crippen LogP contribution in [0.25, 0.3) is 22.1 Å². The van der Waals surface area contributed by atoms with Crippen LogP contribution in [0, 0.1) is 5.92 Å². The molecule has 36 heavy (non-hydrogen) atoms. The molecule has 1 aliphatic rings. The molecule has 1 aromatic heterocycles. The van der Waals surface area contributed by atoms with Gasteiger partial charge in [0.1, 0.15) is 17.9 Å². The summed E-state index contributed by atoms with van der Waals surface area (Å²) >= 11 is 0. The van der Waals surface area contributed by atoms with E-state index < -0.39 is 5.97 Å². The molecule has 6 heteroatoms. The first-order valence-electron chi connectivity index (χ1n) is 12.4. The van der Waals surface area contributed by atoms with E-state index in [4.69, 9.17) is 14.9 Å². The molecular weight excluding hydrogens is 452 g/mol. The van der Waals surface area contributed by atoms with E-state index >= 15 is 0 Å². The molecule has 1 heterocycles. The largest absolute Gasteiger partial charge is 0.488 e. The van der Waals surface area contributed by atoms with Gasteiger partial charge in [0, 0.05) is 41.7 Å². The Labute approximate surface area is 211 Å². The van der Waals surface area contributed by atoms with Crippen LogP contribution < -0.4 is 10.5 Å². The molecule has 5 rings (SSSR count). The number of furan rings is 1. The number of hydrogen-bond acceptors (Lipinski definition) is 5. The predicted molar refractivity (Wildman–Crippen MR) is 141 cm³/mol. The number of nitrogens with zero attached hydrogens (tertiary/aromatic N) is 1. The molecule has 1 aliphatic carbocycles. The third kappa shape index (κ3) is 5.61. The van der Waals surface area contributed by atoms with E-state index in [1.54, 1.807) is 12.3 Å². The van der Waals surface area contributed by atoms with E-state index in [-0.39, 0.29) is 13.0 Å². The minimum atomic E-state index is -0.885. The molecule has 0 spiro atoms. The van der Waals surface area contributed by atoms with Crippen molar-refractivity contribution in [1.82, 2.24) is 4.90 Å². The first kappa shape index (κ1) is 24.1. The van der Waals surface area contributed by atoms with Crippen LogP contribution in [-0.2, 0) is 30.9 Å². The van der Waals surface area contributed by atoms with Gasteiger partial charge in [-0.15, -0.1) is 0 Å². The molecule has 186 valence electrons. The van der Waals surface area contributed by atoms with Gasteiger partial charge in [0.25, 0.3) is 0 Å². The fourth-order valence-electron chi connectivity index (χ4n) is 4.74. The lowest BCUT2D eigenvalue weighted by atomic mass is 9.97. The smallest absolute Gasteiger partial charge is 0.307 e. The number of rotatable bonds is 11. The maximum atomic E-state index is 11.3. The third-order valence-electron chi connectivity index (χ3n) is 6.73. The fourth-order valence-corrected chi connectivity index (χ4v) is 4.74. The van der Waals surface area contributed by atoms with Gasteiger partial charge in [0.15, 0.2) is 0 Å². The summed E-state index contributed by atoms with van der Waals surface area (Å²) in [6.45, 7) is 2.67. The predicted octanol–water partition coefficient (Wildman–Crippen LogP) is 5.61. The average molecular weight is 485 g/mol. The summed E-state index contributed by atoms with van der Waals surface area (Å²) in [5.41, 5.74) is 12.8. The topological polar surface area (TPSA) is 88.9 Å².